The summed E-state index contributed by atoms with van der Waals surface area (Å²) in [5.41, 5.74) is -1.12. The van der Waals surface area contributed by atoms with Crippen LogP contribution in [0.5, 0.6) is 28.7 Å². The summed E-state index contributed by atoms with van der Waals surface area (Å²) in [7, 11) is 1.28. The van der Waals surface area contributed by atoms with E-state index in [2.05, 4.69) is 0 Å². The summed E-state index contributed by atoms with van der Waals surface area (Å²) in [5, 5.41) is 90.5. The highest BCUT2D eigenvalue weighted by Crippen LogP contribution is 2.41. The number of aromatic hydroxyl groups is 2. The van der Waals surface area contributed by atoms with E-state index in [0.717, 1.165) is 12.1 Å². The fourth-order valence-electron chi connectivity index (χ4n) is 5.01. The van der Waals surface area contributed by atoms with Crippen molar-refractivity contribution in [1.82, 2.24) is 0 Å². The second-order valence-corrected chi connectivity index (χ2v) is 10.4. The largest absolute Gasteiger partial charge is 0.508 e. The average molecular weight is 625 g/mol. The Morgan fingerprint density at radius 1 is 0.864 bits per heavy atom. The first-order chi connectivity index (χ1) is 20.9. The quantitative estimate of drug-likeness (QED) is 0.135. The highest BCUT2D eigenvalue weighted by Gasteiger charge is 2.48. The molecule has 0 aliphatic carbocycles. The zero-order valence-corrected chi connectivity index (χ0v) is 23.3. The van der Waals surface area contributed by atoms with Gasteiger partial charge in [0.2, 0.25) is 23.8 Å². The highest BCUT2D eigenvalue weighted by molar-refractivity contribution is 5.88. The predicted molar refractivity (Wildman–Crippen MR) is 145 cm³/mol. The number of phenolic OH excluding ortho intramolecular Hbond substituents is 2. The molecule has 0 radical (unpaired) electrons. The van der Waals surface area contributed by atoms with E-state index in [1.165, 1.54) is 32.2 Å². The molecule has 10 atom stereocenters. The van der Waals surface area contributed by atoms with Gasteiger partial charge in [0, 0.05) is 17.7 Å². The minimum absolute atomic E-state index is 0.00971. The third-order valence-electron chi connectivity index (χ3n) is 7.45. The summed E-state index contributed by atoms with van der Waals surface area (Å²) in [6, 6.07) is 6.02. The molecule has 2 aliphatic heterocycles. The van der Waals surface area contributed by atoms with Gasteiger partial charge in [-0.15, -0.1) is 0 Å². The van der Waals surface area contributed by atoms with Gasteiger partial charge in [0.05, 0.1) is 19.8 Å². The molecule has 3 aromatic rings. The summed E-state index contributed by atoms with van der Waals surface area (Å²) in [6.45, 7) is 0.670. The summed E-state index contributed by atoms with van der Waals surface area (Å²) in [4.78, 5) is 13.7. The molecule has 44 heavy (non-hydrogen) atoms. The van der Waals surface area contributed by atoms with Crippen LogP contribution in [0.15, 0.2) is 39.5 Å². The van der Waals surface area contributed by atoms with Crippen molar-refractivity contribution in [3.63, 3.8) is 0 Å². The number of phenols is 2. The van der Waals surface area contributed by atoms with Gasteiger partial charge in [-0.3, -0.25) is 4.79 Å². The standard InChI is InChI=1S/C28H32O16/c1-9-18(33)20(35)22(37)27(40-9)42-14-4-3-10(5-15(14)39-2)24-26(19(34)17-12(31)6-11(30)7-16(17)41-24)44-28-23(38)21(36)25(43-28)13(32)8-29/h3-7,9,13,18,20-23,25,27-33,35-38H,8H2,1-2H3. The van der Waals surface area contributed by atoms with Gasteiger partial charge in [-0.1, -0.05) is 0 Å². The van der Waals surface area contributed by atoms with E-state index in [-0.39, 0.29) is 28.4 Å². The average Bonchev–Trinajstić information content (AvgIpc) is 3.27. The van der Waals surface area contributed by atoms with Crippen molar-refractivity contribution in [2.24, 2.45) is 0 Å². The minimum atomic E-state index is -1.79. The molecule has 2 aliphatic rings. The van der Waals surface area contributed by atoms with Crippen LogP contribution in [0.2, 0.25) is 0 Å². The molecular formula is C28H32O16. The first-order valence-electron chi connectivity index (χ1n) is 13.4. The first-order valence-corrected chi connectivity index (χ1v) is 13.4. The summed E-state index contributed by atoms with van der Waals surface area (Å²) in [6.07, 6.45) is -15.1. The van der Waals surface area contributed by atoms with Crippen LogP contribution in [0.4, 0.5) is 0 Å². The van der Waals surface area contributed by atoms with Crippen LogP contribution in [0.25, 0.3) is 22.3 Å². The maximum atomic E-state index is 13.7. The van der Waals surface area contributed by atoms with E-state index in [4.69, 9.17) is 28.1 Å². The SMILES string of the molecule is COc1cc(-c2oc3cc(O)cc(O)c3c(=O)c2OC2OC(C(O)CO)C(O)C2O)ccc1OC1OC(C)C(O)C(O)C1O. The van der Waals surface area contributed by atoms with Gasteiger partial charge in [-0.05, 0) is 25.1 Å². The van der Waals surface area contributed by atoms with Crippen molar-refractivity contribution in [1.29, 1.82) is 0 Å². The molecule has 1 aromatic heterocycles. The smallest absolute Gasteiger partial charge is 0.239 e. The Bertz CT molecular complexity index is 1560. The summed E-state index contributed by atoms with van der Waals surface area (Å²) >= 11 is 0. The van der Waals surface area contributed by atoms with Crippen molar-refractivity contribution < 1.29 is 74.1 Å². The molecule has 16 nitrogen and oxygen atoms in total. The third kappa shape index (κ3) is 5.63. The molecule has 0 bridgehead atoms. The molecule has 16 heteroatoms. The Labute approximate surface area is 248 Å². The van der Waals surface area contributed by atoms with Crippen LogP contribution >= 0.6 is 0 Å². The number of hydrogen-bond acceptors (Lipinski definition) is 16. The Morgan fingerprint density at radius 3 is 2.23 bits per heavy atom. The summed E-state index contributed by atoms with van der Waals surface area (Å²) < 4.78 is 33.6. The topological polar surface area (TPSA) is 258 Å². The third-order valence-corrected chi connectivity index (χ3v) is 7.45. The van der Waals surface area contributed by atoms with E-state index in [9.17, 15) is 50.8 Å². The second-order valence-electron chi connectivity index (χ2n) is 10.4. The van der Waals surface area contributed by atoms with E-state index < -0.39 is 96.1 Å². The number of methoxy groups -OCH3 is 1. The molecule has 0 saturated carbocycles. The minimum Gasteiger partial charge on any atom is -0.508 e. The van der Waals surface area contributed by atoms with Crippen LogP contribution in [-0.2, 0) is 9.47 Å². The normalized spacial score (nSPS) is 31.2. The van der Waals surface area contributed by atoms with Crippen molar-refractivity contribution in [3.05, 3.63) is 40.6 Å². The van der Waals surface area contributed by atoms with E-state index in [1.807, 2.05) is 0 Å². The molecule has 0 amide bonds. The number of hydrogen-bond donors (Lipinski definition) is 9. The number of aliphatic hydroxyl groups is 7. The van der Waals surface area contributed by atoms with Crippen LogP contribution in [0, 0.1) is 0 Å². The zero-order chi connectivity index (χ0) is 32.0. The molecule has 2 aromatic carbocycles. The maximum Gasteiger partial charge on any atom is 0.239 e. The molecule has 9 N–H and O–H groups in total. The molecule has 0 spiro atoms. The fraction of sp³-hybridized carbons (Fsp3) is 0.464. The van der Waals surface area contributed by atoms with Crippen LogP contribution in [-0.4, -0.2) is 121 Å². The predicted octanol–water partition coefficient (Wildman–Crippen LogP) is -1.74. The number of benzene rings is 2. The Hall–Kier alpha value is -3.71. The maximum absolute atomic E-state index is 13.7. The lowest BCUT2D eigenvalue weighted by molar-refractivity contribution is -0.268. The first kappa shape index (κ1) is 31.7. The fourth-order valence-corrected chi connectivity index (χ4v) is 5.01. The second kappa shape index (κ2) is 12.4. The van der Waals surface area contributed by atoms with Crippen LogP contribution < -0.4 is 19.6 Å². The number of ether oxygens (including phenoxy) is 5. The molecule has 3 heterocycles. The molecule has 2 fully saturated rings. The lowest BCUT2D eigenvalue weighted by atomic mass is 10.00. The Kier molecular flexibility index (Phi) is 8.90. The van der Waals surface area contributed by atoms with Gasteiger partial charge in [-0.2, -0.15) is 0 Å². The van der Waals surface area contributed by atoms with Gasteiger partial charge < -0.3 is 74.1 Å². The lowest BCUT2D eigenvalue weighted by Crippen LogP contribution is -2.58. The molecule has 5 rings (SSSR count). The van der Waals surface area contributed by atoms with Gasteiger partial charge in [0.1, 0.15) is 65.2 Å². The van der Waals surface area contributed by atoms with Gasteiger partial charge in [-0.25, -0.2) is 0 Å². The molecular weight excluding hydrogens is 592 g/mol. The molecule has 2 saturated heterocycles. The van der Waals surface area contributed by atoms with Gasteiger partial charge in [0.15, 0.2) is 17.3 Å². The van der Waals surface area contributed by atoms with Crippen LogP contribution in [0.3, 0.4) is 0 Å². The zero-order valence-electron chi connectivity index (χ0n) is 23.3. The molecule has 10 unspecified atom stereocenters. The van der Waals surface area contributed by atoms with Crippen molar-refractivity contribution >= 4 is 11.0 Å². The van der Waals surface area contributed by atoms with E-state index in [0.29, 0.717) is 0 Å². The monoisotopic (exact) mass is 624 g/mol. The van der Waals surface area contributed by atoms with E-state index >= 15 is 0 Å². The van der Waals surface area contributed by atoms with Crippen LogP contribution in [0.1, 0.15) is 6.92 Å². The Morgan fingerprint density at radius 2 is 1.55 bits per heavy atom. The van der Waals surface area contributed by atoms with E-state index in [1.54, 1.807) is 0 Å². The number of aliphatic hydroxyl groups excluding tert-OH is 7. The number of fused-ring (bicyclic) bond motifs is 1. The van der Waals surface area contributed by atoms with Crippen molar-refractivity contribution in [2.45, 2.75) is 68.3 Å². The van der Waals surface area contributed by atoms with Crippen molar-refractivity contribution in [3.8, 4) is 40.1 Å². The van der Waals surface area contributed by atoms with Gasteiger partial charge >= 0.3 is 0 Å². The number of rotatable bonds is 8. The van der Waals surface area contributed by atoms with Crippen molar-refractivity contribution in [2.75, 3.05) is 13.7 Å². The molecule has 240 valence electrons. The lowest BCUT2D eigenvalue weighted by Gasteiger charge is -2.39. The summed E-state index contributed by atoms with van der Waals surface area (Å²) in [5.74, 6) is -1.98. The highest BCUT2D eigenvalue weighted by atomic mass is 16.7. The van der Waals surface area contributed by atoms with Gasteiger partial charge in [0.25, 0.3) is 0 Å². The Balaban J connectivity index is 1.57.